The zero-order chi connectivity index (χ0) is 11.0. The van der Waals surface area contributed by atoms with Gasteiger partial charge in [-0.2, -0.15) is 0 Å². The lowest BCUT2D eigenvalue weighted by molar-refractivity contribution is 0.576. The minimum Gasteiger partial charge on any atom is -0.348 e. The van der Waals surface area contributed by atoms with E-state index in [1.54, 1.807) is 0 Å². The summed E-state index contributed by atoms with van der Waals surface area (Å²) in [6.07, 6.45) is 6.64. The summed E-state index contributed by atoms with van der Waals surface area (Å²) in [5.74, 6) is 0.730. The van der Waals surface area contributed by atoms with Crippen LogP contribution in [0.15, 0.2) is 0 Å². The Balaban J connectivity index is 1.83. The van der Waals surface area contributed by atoms with Crippen molar-refractivity contribution in [2.45, 2.75) is 44.6 Å². The van der Waals surface area contributed by atoms with Crippen molar-refractivity contribution in [1.29, 1.82) is 0 Å². The second-order valence-electron chi connectivity index (χ2n) is 4.83. The number of nitrogens with zero attached hydrogens (tertiary/aromatic N) is 2. The smallest absolute Gasteiger partial charge is 0.185 e. The van der Waals surface area contributed by atoms with Crippen molar-refractivity contribution in [1.82, 2.24) is 4.98 Å². The highest BCUT2D eigenvalue weighted by atomic mass is 32.1. The normalized spacial score (nSPS) is 21.4. The number of thiazole rings is 1. The highest BCUT2D eigenvalue weighted by molar-refractivity contribution is 7.15. The van der Waals surface area contributed by atoms with Gasteiger partial charge in [-0.3, -0.25) is 0 Å². The summed E-state index contributed by atoms with van der Waals surface area (Å²) < 4.78 is 0. The lowest BCUT2D eigenvalue weighted by Crippen LogP contribution is -2.29. The van der Waals surface area contributed by atoms with Gasteiger partial charge in [-0.25, -0.2) is 4.98 Å². The lowest BCUT2D eigenvalue weighted by Gasteiger charge is -2.25. The van der Waals surface area contributed by atoms with Crippen molar-refractivity contribution in [2.24, 2.45) is 5.73 Å². The largest absolute Gasteiger partial charge is 0.348 e. The summed E-state index contributed by atoms with van der Waals surface area (Å²) in [7, 11) is 0. The van der Waals surface area contributed by atoms with Crippen LogP contribution in [0.4, 0.5) is 5.13 Å². The van der Waals surface area contributed by atoms with E-state index in [1.807, 2.05) is 11.3 Å². The topological polar surface area (TPSA) is 42.1 Å². The number of hydrogen-bond acceptors (Lipinski definition) is 4. The first kappa shape index (κ1) is 10.5. The van der Waals surface area contributed by atoms with E-state index in [2.05, 4.69) is 4.90 Å². The standard InChI is InChI=1S/C12H19N3S/c13-8-10-11(9-4-5-9)14-12(16-10)15-6-2-1-3-7-15/h9H,1-8,13H2. The Hall–Kier alpha value is -0.610. The number of rotatable bonds is 3. The third kappa shape index (κ3) is 1.96. The maximum Gasteiger partial charge on any atom is 0.185 e. The van der Waals surface area contributed by atoms with Crippen LogP contribution < -0.4 is 10.6 Å². The molecule has 0 unspecified atom stereocenters. The molecule has 0 atom stereocenters. The SMILES string of the molecule is NCc1sc(N2CCCCC2)nc1C1CC1. The van der Waals surface area contributed by atoms with Crippen molar-refractivity contribution in [2.75, 3.05) is 18.0 Å². The Morgan fingerprint density at radius 2 is 2.00 bits per heavy atom. The summed E-state index contributed by atoms with van der Waals surface area (Å²) in [6.45, 7) is 3.03. The molecule has 0 bridgehead atoms. The Bertz CT molecular complexity index is 364. The average Bonchev–Trinajstić information content (AvgIpc) is 3.10. The summed E-state index contributed by atoms with van der Waals surface area (Å²) in [6, 6.07) is 0. The van der Waals surface area contributed by atoms with E-state index in [0.29, 0.717) is 6.54 Å². The fourth-order valence-electron chi connectivity index (χ4n) is 2.39. The molecular weight excluding hydrogens is 218 g/mol. The monoisotopic (exact) mass is 237 g/mol. The molecule has 1 saturated carbocycles. The second-order valence-corrected chi connectivity index (χ2v) is 5.89. The van der Waals surface area contributed by atoms with Gasteiger partial charge in [0.05, 0.1) is 5.69 Å². The molecule has 0 amide bonds. The van der Waals surface area contributed by atoms with Gasteiger partial charge in [-0.05, 0) is 32.1 Å². The molecule has 1 aliphatic carbocycles. The van der Waals surface area contributed by atoms with Gasteiger partial charge in [0.1, 0.15) is 0 Å². The third-order valence-corrected chi connectivity index (χ3v) is 4.65. The van der Waals surface area contributed by atoms with Gasteiger partial charge in [0.15, 0.2) is 5.13 Å². The molecule has 88 valence electrons. The van der Waals surface area contributed by atoms with E-state index in [4.69, 9.17) is 10.7 Å². The van der Waals surface area contributed by atoms with Crippen molar-refractivity contribution in [3.05, 3.63) is 10.6 Å². The van der Waals surface area contributed by atoms with Crippen LogP contribution in [0.5, 0.6) is 0 Å². The first-order valence-corrected chi connectivity index (χ1v) is 7.14. The van der Waals surface area contributed by atoms with Crippen LogP contribution in [-0.2, 0) is 6.54 Å². The van der Waals surface area contributed by atoms with Gasteiger partial charge < -0.3 is 10.6 Å². The Morgan fingerprint density at radius 1 is 1.25 bits per heavy atom. The number of piperidine rings is 1. The third-order valence-electron chi connectivity index (χ3n) is 3.49. The van der Waals surface area contributed by atoms with E-state index in [-0.39, 0.29) is 0 Å². The van der Waals surface area contributed by atoms with Crippen LogP contribution in [0.1, 0.15) is 48.6 Å². The second kappa shape index (κ2) is 4.34. The van der Waals surface area contributed by atoms with Crippen LogP contribution >= 0.6 is 11.3 Å². The molecule has 4 heteroatoms. The summed E-state index contributed by atoms with van der Waals surface area (Å²) in [4.78, 5) is 8.60. The van der Waals surface area contributed by atoms with Crippen LogP contribution in [0.2, 0.25) is 0 Å². The van der Waals surface area contributed by atoms with Crippen molar-refractivity contribution >= 4 is 16.5 Å². The predicted molar refractivity (Wildman–Crippen MR) is 68.0 cm³/mol. The molecular formula is C12H19N3S. The molecule has 2 heterocycles. The number of anilines is 1. The quantitative estimate of drug-likeness (QED) is 0.878. The van der Waals surface area contributed by atoms with Gasteiger partial charge >= 0.3 is 0 Å². The molecule has 3 nitrogen and oxygen atoms in total. The summed E-state index contributed by atoms with van der Waals surface area (Å²) >= 11 is 1.82. The lowest BCUT2D eigenvalue weighted by atomic mass is 10.1. The van der Waals surface area contributed by atoms with Gasteiger partial charge in [-0.15, -0.1) is 11.3 Å². The number of nitrogens with two attached hydrogens (primary N) is 1. The van der Waals surface area contributed by atoms with Crippen LogP contribution in [-0.4, -0.2) is 18.1 Å². The molecule has 16 heavy (non-hydrogen) atoms. The minimum atomic E-state index is 0.664. The number of aromatic nitrogens is 1. The first-order valence-electron chi connectivity index (χ1n) is 6.33. The summed E-state index contributed by atoms with van der Waals surface area (Å²) in [5, 5.41) is 1.22. The molecule has 2 fully saturated rings. The zero-order valence-corrected chi connectivity index (χ0v) is 10.4. The van der Waals surface area contributed by atoms with E-state index in [1.165, 1.54) is 60.9 Å². The average molecular weight is 237 g/mol. The maximum atomic E-state index is 5.81. The molecule has 3 rings (SSSR count). The molecule has 1 aliphatic heterocycles. The van der Waals surface area contributed by atoms with Crippen LogP contribution in [0, 0.1) is 0 Å². The molecule has 0 spiro atoms. The molecule has 1 aromatic heterocycles. The minimum absolute atomic E-state index is 0.664. The first-order chi connectivity index (χ1) is 7.88. The van der Waals surface area contributed by atoms with Crippen molar-refractivity contribution in [3.8, 4) is 0 Å². The molecule has 0 aromatic carbocycles. The van der Waals surface area contributed by atoms with Crippen molar-refractivity contribution in [3.63, 3.8) is 0 Å². The fourth-order valence-corrected chi connectivity index (χ4v) is 3.47. The van der Waals surface area contributed by atoms with E-state index >= 15 is 0 Å². The Morgan fingerprint density at radius 3 is 2.62 bits per heavy atom. The molecule has 1 saturated heterocycles. The fraction of sp³-hybridized carbons (Fsp3) is 0.750. The Kier molecular flexibility index (Phi) is 2.86. The van der Waals surface area contributed by atoms with Gasteiger partial charge in [-0.1, -0.05) is 0 Å². The van der Waals surface area contributed by atoms with Crippen LogP contribution in [0.3, 0.4) is 0 Å². The van der Waals surface area contributed by atoms with Crippen LogP contribution in [0.25, 0.3) is 0 Å². The zero-order valence-electron chi connectivity index (χ0n) is 9.61. The predicted octanol–water partition coefficient (Wildman–Crippen LogP) is 2.47. The van der Waals surface area contributed by atoms with Gasteiger partial charge in [0.2, 0.25) is 0 Å². The summed E-state index contributed by atoms with van der Waals surface area (Å²) in [5.41, 5.74) is 7.12. The highest BCUT2D eigenvalue weighted by Gasteiger charge is 2.30. The van der Waals surface area contributed by atoms with E-state index in [9.17, 15) is 0 Å². The molecule has 2 N–H and O–H groups in total. The maximum absolute atomic E-state index is 5.81. The molecule has 2 aliphatic rings. The molecule has 1 aromatic rings. The Labute approximate surface area is 101 Å². The van der Waals surface area contributed by atoms with E-state index in [0.717, 1.165) is 5.92 Å². The van der Waals surface area contributed by atoms with Gasteiger partial charge in [0, 0.05) is 30.4 Å². The van der Waals surface area contributed by atoms with Crippen molar-refractivity contribution < 1.29 is 0 Å². The van der Waals surface area contributed by atoms with Gasteiger partial charge in [0.25, 0.3) is 0 Å². The van der Waals surface area contributed by atoms with E-state index < -0.39 is 0 Å². The molecule has 0 radical (unpaired) electrons. The highest BCUT2D eigenvalue weighted by Crippen LogP contribution is 2.44. The number of hydrogen-bond donors (Lipinski definition) is 1.